The highest BCUT2D eigenvalue weighted by atomic mass is 35.5. The number of fused-ring (bicyclic) bond motifs is 1. The molecule has 1 fully saturated rings. The molecule has 2 aromatic heterocycles. The molecule has 172 valence electrons. The van der Waals surface area contributed by atoms with E-state index in [9.17, 15) is 13.2 Å². The molecule has 1 aromatic carbocycles. The van der Waals surface area contributed by atoms with E-state index in [1.807, 2.05) is 6.07 Å². The molecule has 4 nitrogen and oxygen atoms in total. The Bertz CT molecular complexity index is 1140. The number of halogens is 5. The first-order valence-electron chi connectivity index (χ1n) is 10.3. The summed E-state index contributed by atoms with van der Waals surface area (Å²) in [4.78, 5) is 4.23. The summed E-state index contributed by atoms with van der Waals surface area (Å²) in [5, 5.41) is 1.46. The van der Waals surface area contributed by atoms with Gasteiger partial charge in [-0.15, -0.1) is 0 Å². The number of aryl methyl sites for hydroxylation is 2. The van der Waals surface area contributed by atoms with Crippen molar-refractivity contribution in [2.24, 2.45) is 13.0 Å². The molecule has 0 amide bonds. The highest BCUT2D eigenvalue weighted by molar-refractivity contribution is 6.36. The minimum Gasteiger partial charge on any atom is -0.476 e. The number of benzene rings is 1. The van der Waals surface area contributed by atoms with Gasteiger partial charge in [-0.25, -0.2) is 4.98 Å². The van der Waals surface area contributed by atoms with Crippen LogP contribution in [-0.2, 0) is 24.4 Å². The minimum atomic E-state index is -4.40. The van der Waals surface area contributed by atoms with Gasteiger partial charge in [-0.3, -0.25) is 0 Å². The molecular formula is C23H23Cl2F3N2O2. The van der Waals surface area contributed by atoms with E-state index >= 15 is 0 Å². The van der Waals surface area contributed by atoms with Gasteiger partial charge < -0.3 is 14.0 Å². The smallest absolute Gasteiger partial charge is 0.416 e. The number of ether oxygens (including phenoxy) is 2. The second-order valence-corrected chi connectivity index (χ2v) is 8.95. The number of rotatable bonds is 5. The third-order valence-electron chi connectivity index (χ3n) is 5.99. The monoisotopic (exact) mass is 486 g/mol. The first-order valence-corrected chi connectivity index (χ1v) is 11.1. The van der Waals surface area contributed by atoms with Gasteiger partial charge in [-0.05, 0) is 49.4 Å². The van der Waals surface area contributed by atoms with Crippen LogP contribution in [0.3, 0.4) is 0 Å². The van der Waals surface area contributed by atoms with E-state index in [0.29, 0.717) is 51.5 Å². The lowest BCUT2D eigenvalue weighted by Crippen LogP contribution is -2.21. The maximum absolute atomic E-state index is 13.3. The van der Waals surface area contributed by atoms with Crippen molar-refractivity contribution in [3.8, 4) is 5.88 Å². The molecule has 32 heavy (non-hydrogen) atoms. The molecule has 4 rings (SSSR count). The predicted octanol–water partition coefficient (Wildman–Crippen LogP) is 6.60. The van der Waals surface area contributed by atoms with Crippen molar-refractivity contribution in [3.63, 3.8) is 0 Å². The Morgan fingerprint density at radius 2 is 1.91 bits per heavy atom. The van der Waals surface area contributed by atoms with E-state index in [1.165, 1.54) is 18.3 Å². The quantitative estimate of drug-likeness (QED) is 0.407. The number of hydrogen-bond acceptors (Lipinski definition) is 3. The summed E-state index contributed by atoms with van der Waals surface area (Å²) >= 11 is 13.0. The van der Waals surface area contributed by atoms with Crippen LogP contribution < -0.4 is 4.74 Å². The first-order chi connectivity index (χ1) is 15.1. The van der Waals surface area contributed by atoms with Crippen molar-refractivity contribution in [2.75, 3.05) is 19.8 Å². The maximum atomic E-state index is 13.3. The number of aromatic nitrogens is 2. The SMILES string of the molecule is Cc1cc(C(F)(F)F)cc2c1cc(Cc1c(Cl)cnc(OCC3CCOCC3)c1Cl)n2C. The van der Waals surface area contributed by atoms with E-state index < -0.39 is 11.7 Å². The zero-order valence-corrected chi connectivity index (χ0v) is 19.2. The number of hydrogen-bond donors (Lipinski definition) is 0. The summed E-state index contributed by atoms with van der Waals surface area (Å²) in [7, 11) is 1.74. The van der Waals surface area contributed by atoms with E-state index in [4.69, 9.17) is 32.7 Å². The van der Waals surface area contributed by atoms with E-state index in [2.05, 4.69) is 4.98 Å². The summed E-state index contributed by atoms with van der Waals surface area (Å²) < 4.78 is 52.8. The lowest BCUT2D eigenvalue weighted by atomic mass is 10.0. The number of pyridine rings is 1. The van der Waals surface area contributed by atoms with Gasteiger partial charge in [-0.1, -0.05) is 23.2 Å². The highest BCUT2D eigenvalue weighted by Crippen LogP contribution is 2.37. The fourth-order valence-electron chi connectivity index (χ4n) is 4.03. The van der Waals surface area contributed by atoms with Crippen molar-refractivity contribution in [2.45, 2.75) is 32.4 Å². The van der Waals surface area contributed by atoms with Crippen molar-refractivity contribution < 1.29 is 22.6 Å². The van der Waals surface area contributed by atoms with Crippen LogP contribution in [0.4, 0.5) is 13.2 Å². The average molecular weight is 487 g/mol. The second-order valence-electron chi connectivity index (χ2n) is 8.17. The molecule has 0 atom stereocenters. The Morgan fingerprint density at radius 1 is 1.19 bits per heavy atom. The topological polar surface area (TPSA) is 36.3 Å². The van der Waals surface area contributed by atoms with Crippen LogP contribution in [0.5, 0.6) is 5.88 Å². The van der Waals surface area contributed by atoms with Gasteiger partial charge in [0.25, 0.3) is 0 Å². The average Bonchev–Trinajstić information content (AvgIpc) is 3.07. The molecule has 0 N–H and O–H groups in total. The molecule has 0 saturated carbocycles. The van der Waals surface area contributed by atoms with Gasteiger partial charge >= 0.3 is 6.18 Å². The third kappa shape index (κ3) is 4.70. The molecule has 0 aliphatic carbocycles. The van der Waals surface area contributed by atoms with Crippen molar-refractivity contribution >= 4 is 34.1 Å². The van der Waals surface area contributed by atoms with E-state index in [-0.39, 0.29) is 0 Å². The zero-order valence-electron chi connectivity index (χ0n) is 17.7. The van der Waals surface area contributed by atoms with Gasteiger partial charge in [-0.2, -0.15) is 13.2 Å². The molecular weight excluding hydrogens is 464 g/mol. The molecule has 1 aliphatic rings. The Balaban J connectivity index is 1.63. The van der Waals surface area contributed by atoms with Crippen LogP contribution in [0.25, 0.3) is 10.9 Å². The van der Waals surface area contributed by atoms with Gasteiger partial charge in [0.05, 0.1) is 17.2 Å². The van der Waals surface area contributed by atoms with Crippen LogP contribution in [0, 0.1) is 12.8 Å². The highest BCUT2D eigenvalue weighted by Gasteiger charge is 2.31. The zero-order chi connectivity index (χ0) is 23.0. The Kier molecular flexibility index (Phi) is 6.61. The number of alkyl halides is 3. The number of nitrogens with zero attached hydrogens (tertiary/aromatic N) is 2. The molecule has 1 saturated heterocycles. The van der Waals surface area contributed by atoms with Crippen molar-refractivity contribution in [1.82, 2.24) is 9.55 Å². The maximum Gasteiger partial charge on any atom is 0.416 e. The molecule has 3 aromatic rings. The second kappa shape index (κ2) is 9.12. The standard InChI is InChI=1S/C23H23Cl2F3N2O2/c1-13-7-15(23(26,27)28)8-20-17(13)9-16(30(20)2)10-18-19(24)11-29-22(21(18)25)32-12-14-3-5-31-6-4-14/h7-9,11,14H,3-6,10,12H2,1-2H3. The first kappa shape index (κ1) is 23.2. The Labute approximate surface area is 194 Å². The van der Waals surface area contributed by atoms with Gasteiger partial charge in [0.1, 0.15) is 5.02 Å². The summed E-state index contributed by atoms with van der Waals surface area (Å²) in [6.45, 7) is 3.61. The lowest BCUT2D eigenvalue weighted by molar-refractivity contribution is -0.137. The molecule has 0 unspecified atom stereocenters. The van der Waals surface area contributed by atoms with Crippen molar-refractivity contribution in [1.29, 1.82) is 0 Å². The summed E-state index contributed by atoms with van der Waals surface area (Å²) in [5.74, 6) is 0.691. The van der Waals surface area contributed by atoms with Crippen LogP contribution in [-0.4, -0.2) is 29.4 Å². The molecule has 1 aliphatic heterocycles. The van der Waals surface area contributed by atoms with E-state index in [1.54, 1.807) is 18.5 Å². The fourth-order valence-corrected chi connectivity index (χ4v) is 4.56. The van der Waals surface area contributed by atoms with E-state index in [0.717, 1.165) is 37.1 Å². The fraction of sp³-hybridized carbons (Fsp3) is 0.435. The summed E-state index contributed by atoms with van der Waals surface area (Å²) in [6, 6.07) is 4.21. The third-order valence-corrected chi connectivity index (χ3v) is 6.70. The normalized spacial score (nSPS) is 15.5. The predicted molar refractivity (Wildman–Crippen MR) is 119 cm³/mol. The minimum absolute atomic E-state index is 0.312. The molecule has 0 radical (unpaired) electrons. The molecule has 0 bridgehead atoms. The molecule has 0 spiro atoms. The van der Waals surface area contributed by atoms with Crippen LogP contribution >= 0.6 is 23.2 Å². The molecule has 9 heteroatoms. The van der Waals surface area contributed by atoms with Crippen molar-refractivity contribution in [3.05, 3.63) is 56.8 Å². The summed E-state index contributed by atoms with van der Waals surface area (Å²) in [5.41, 5.74) is 1.81. The largest absolute Gasteiger partial charge is 0.476 e. The lowest BCUT2D eigenvalue weighted by Gasteiger charge is -2.22. The Morgan fingerprint density at radius 3 is 2.59 bits per heavy atom. The summed E-state index contributed by atoms with van der Waals surface area (Å²) in [6.07, 6.45) is -0.726. The van der Waals surface area contributed by atoms with Crippen LogP contribution in [0.2, 0.25) is 10.0 Å². The van der Waals surface area contributed by atoms with Crippen LogP contribution in [0.1, 0.15) is 35.2 Å². The van der Waals surface area contributed by atoms with Gasteiger partial charge in [0.15, 0.2) is 0 Å². The van der Waals surface area contributed by atoms with Gasteiger partial charge in [0.2, 0.25) is 5.88 Å². The Hall–Kier alpha value is -1.96. The van der Waals surface area contributed by atoms with Gasteiger partial charge in [0, 0.05) is 55.0 Å². The van der Waals surface area contributed by atoms with Crippen LogP contribution in [0.15, 0.2) is 24.4 Å². The molecule has 3 heterocycles.